The minimum atomic E-state index is -0.336. The molecule has 3 aromatic heterocycles. The zero-order chi connectivity index (χ0) is 20.3. The second-order valence-electron chi connectivity index (χ2n) is 6.84. The Balaban J connectivity index is 1.45. The quantitative estimate of drug-likeness (QED) is 0.491. The van der Waals surface area contributed by atoms with Gasteiger partial charge < -0.3 is 5.32 Å². The first-order chi connectivity index (χ1) is 14.8. The molecule has 0 unspecified atom stereocenters. The van der Waals surface area contributed by atoms with Gasteiger partial charge in [0.15, 0.2) is 5.69 Å². The number of aromatic nitrogens is 5. The largest absolute Gasteiger partial charge is 0.304 e. The predicted octanol–water partition coefficient (Wildman–Crippen LogP) is 3.89. The Labute approximate surface area is 172 Å². The normalized spacial score (nSPS) is 10.9. The van der Waals surface area contributed by atoms with Crippen molar-refractivity contribution in [2.24, 2.45) is 0 Å². The summed E-state index contributed by atoms with van der Waals surface area (Å²) in [6, 6.07) is 25.4. The Hall–Kier alpha value is -4.26. The maximum atomic E-state index is 12.9. The van der Waals surface area contributed by atoms with Crippen molar-refractivity contribution in [2.75, 3.05) is 5.32 Å². The molecule has 0 aliphatic carbocycles. The van der Waals surface area contributed by atoms with Gasteiger partial charge in [-0.15, -0.1) is 5.10 Å². The molecule has 0 bridgehead atoms. The van der Waals surface area contributed by atoms with E-state index in [0.717, 1.165) is 16.8 Å². The van der Waals surface area contributed by atoms with Gasteiger partial charge in [-0.25, -0.2) is 9.67 Å². The molecule has 1 amide bonds. The summed E-state index contributed by atoms with van der Waals surface area (Å²) in [5.41, 5.74) is 3.70. The Morgan fingerprint density at radius 3 is 2.43 bits per heavy atom. The molecule has 0 spiro atoms. The van der Waals surface area contributed by atoms with E-state index < -0.39 is 0 Å². The highest BCUT2D eigenvalue weighted by molar-refractivity contribution is 6.04. The van der Waals surface area contributed by atoms with Gasteiger partial charge >= 0.3 is 0 Å². The second-order valence-corrected chi connectivity index (χ2v) is 6.84. The summed E-state index contributed by atoms with van der Waals surface area (Å²) in [4.78, 5) is 17.6. The third-order valence-corrected chi connectivity index (χ3v) is 4.77. The van der Waals surface area contributed by atoms with Crippen LogP contribution < -0.4 is 5.32 Å². The van der Waals surface area contributed by atoms with Crippen LogP contribution in [0.15, 0.2) is 91.3 Å². The molecule has 0 atom stereocenters. The molecule has 0 saturated heterocycles. The number of fused-ring (bicyclic) bond motifs is 1. The second kappa shape index (κ2) is 7.63. The Kier molecular flexibility index (Phi) is 4.53. The van der Waals surface area contributed by atoms with Crippen molar-refractivity contribution in [1.29, 1.82) is 0 Å². The monoisotopic (exact) mass is 394 g/mol. The molecule has 30 heavy (non-hydrogen) atoms. The van der Waals surface area contributed by atoms with Gasteiger partial charge in [-0.2, -0.15) is 0 Å². The van der Waals surface area contributed by atoms with Crippen molar-refractivity contribution in [2.45, 2.75) is 6.54 Å². The van der Waals surface area contributed by atoms with Gasteiger partial charge in [0.1, 0.15) is 17.2 Å². The van der Waals surface area contributed by atoms with Crippen molar-refractivity contribution in [1.82, 2.24) is 24.4 Å². The number of rotatable bonds is 5. The topological polar surface area (TPSA) is 77.1 Å². The summed E-state index contributed by atoms with van der Waals surface area (Å²) in [7, 11) is 0. The average Bonchev–Trinajstić information content (AvgIpc) is 3.40. The maximum Gasteiger partial charge on any atom is 0.279 e. The lowest BCUT2D eigenvalue weighted by Crippen LogP contribution is -2.14. The van der Waals surface area contributed by atoms with E-state index in [1.165, 1.54) is 0 Å². The van der Waals surface area contributed by atoms with Crippen LogP contribution in [0.3, 0.4) is 0 Å². The fraction of sp³-hybridized carbons (Fsp3) is 0.0435. The molecule has 0 saturated carbocycles. The van der Waals surface area contributed by atoms with Crippen molar-refractivity contribution < 1.29 is 4.79 Å². The van der Waals surface area contributed by atoms with Gasteiger partial charge in [-0.1, -0.05) is 71.9 Å². The van der Waals surface area contributed by atoms with Crippen molar-refractivity contribution in [3.63, 3.8) is 0 Å². The smallest absolute Gasteiger partial charge is 0.279 e. The molecular formula is C23H18N6O. The van der Waals surface area contributed by atoms with Crippen LogP contribution >= 0.6 is 0 Å². The lowest BCUT2D eigenvalue weighted by molar-refractivity contribution is 0.102. The summed E-state index contributed by atoms with van der Waals surface area (Å²) in [6.45, 7) is 0.548. The van der Waals surface area contributed by atoms with E-state index in [2.05, 4.69) is 15.6 Å². The molecule has 1 N–H and O–H groups in total. The van der Waals surface area contributed by atoms with Crippen molar-refractivity contribution in [3.8, 4) is 11.3 Å². The van der Waals surface area contributed by atoms with Crippen LogP contribution in [0.4, 0.5) is 5.82 Å². The Morgan fingerprint density at radius 1 is 0.900 bits per heavy atom. The number of hydrogen-bond acceptors (Lipinski definition) is 4. The molecule has 7 nitrogen and oxygen atoms in total. The van der Waals surface area contributed by atoms with Gasteiger partial charge in [-0.3, -0.25) is 9.20 Å². The molecule has 0 aliphatic heterocycles. The van der Waals surface area contributed by atoms with Gasteiger partial charge in [-0.05, 0) is 17.7 Å². The summed E-state index contributed by atoms with van der Waals surface area (Å²) in [6.07, 6.45) is 3.52. The zero-order valence-corrected chi connectivity index (χ0v) is 16.0. The molecule has 5 aromatic rings. The Morgan fingerprint density at radius 2 is 1.63 bits per heavy atom. The van der Waals surface area contributed by atoms with E-state index in [4.69, 9.17) is 4.98 Å². The van der Waals surface area contributed by atoms with Gasteiger partial charge in [0.25, 0.3) is 5.91 Å². The number of nitrogens with one attached hydrogen (secondary N) is 1. The first kappa shape index (κ1) is 17.8. The van der Waals surface area contributed by atoms with E-state index in [9.17, 15) is 4.79 Å². The SMILES string of the molecule is O=C(Nc1c(-c2ccccc2)nc2ccccn12)c1cn(Cc2ccccc2)nn1. The minimum absolute atomic E-state index is 0.246. The molecule has 5 rings (SSSR count). The van der Waals surface area contributed by atoms with E-state index in [1.807, 2.05) is 89.5 Å². The van der Waals surface area contributed by atoms with Crippen LogP contribution in [0, 0.1) is 0 Å². The lowest BCUT2D eigenvalue weighted by Gasteiger charge is -2.06. The Bertz CT molecular complexity index is 1310. The molecule has 7 heteroatoms. The number of benzene rings is 2. The maximum absolute atomic E-state index is 12.9. The van der Waals surface area contributed by atoms with Crippen LogP contribution in [-0.4, -0.2) is 30.3 Å². The molecule has 3 heterocycles. The van der Waals surface area contributed by atoms with Crippen LogP contribution in [0.5, 0.6) is 0 Å². The first-order valence-corrected chi connectivity index (χ1v) is 9.56. The number of anilines is 1. The van der Waals surface area contributed by atoms with Gasteiger partial charge in [0.2, 0.25) is 0 Å². The van der Waals surface area contributed by atoms with Crippen LogP contribution in [0.25, 0.3) is 16.9 Å². The number of carbonyl (C=O) groups excluding carboxylic acids is 1. The van der Waals surface area contributed by atoms with Gasteiger partial charge in [0.05, 0.1) is 12.7 Å². The van der Waals surface area contributed by atoms with E-state index in [0.29, 0.717) is 18.1 Å². The molecular weight excluding hydrogens is 376 g/mol. The number of amides is 1. The van der Waals surface area contributed by atoms with E-state index in [1.54, 1.807) is 10.9 Å². The fourth-order valence-corrected chi connectivity index (χ4v) is 3.33. The molecule has 2 aromatic carbocycles. The number of imidazole rings is 1. The van der Waals surface area contributed by atoms with Crippen LogP contribution in [-0.2, 0) is 6.54 Å². The van der Waals surface area contributed by atoms with Crippen molar-refractivity contribution >= 4 is 17.4 Å². The summed E-state index contributed by atoms with van der Waals surface area (Å²) < 4.78 is 3.51. The molecule has 0 fully saturated rings. The van der Waals surface area contributed by atoms with E-state index >= 15 is 0 Å². The third kappa shape index (κ3) is 3.44. The van der Waals surface area contributed by atoms with Crippen LogP contribution in [0.1, 0.15) is 16.1 Å². The summed E-state index contributed by atoms with van der Waals surface area (Å²) >= 11 is 0. The third-order valence-electron chi connectivity index (χ3n) is 4.77. The average molecular weight is 394 g/mol. The standard InChI is InChI=1S/C23H18N6O/c30-23(19-16-28(27-26-19)15-17-9-3-1-4-10-17)25-22-21(18-11-5-2-6-12-18)24-20-13-7-8-14-29(20)22/h1-14,16H,15H2,(H,25,30). The first-order valence-electron chi connectivity index (χ1n) is 9.56. The number of hydrogen-bond donors (Lipinski definition) is 1. The minimum Gasteiger partial charge on any atom is -0.304 e. The molecule has 0 aliphatic rings. The predicted molar refractivity (Wildman–Crippen MR) is 114 cm³/mol. The molecule has 0 radical (unpaired) electrons. The summed E-state index contributed by atoms with van der Waals surface area (Å²) in [5, 5.41) is 11.1. The van der Waals surface area contributed by atoms with Crippen molar-refractivity contribution in [3.05, 3.63) is 103 Å². The fourth-order valence-electron chi connectivity index (χ4n) is 3.33. The highest BCUT2D eigenvalue weighted by atomic mass is 16.2. The number of pyridine rings is 1. The van der Waals surface area contributed by atoms with Gasteiger partial charge in [0, 0.05) is 11.8 Å². The lowest BCUT2D eigenvalue weighted by atomic mass is 10.1. The zero-order valence-electron chi connectivity index (χ0n) is 16.0. The highest BCUT2D eigenvalue weighted by Crippen LogP contribution is 2.28. The number of nitrogens with zero attached hydrogens (tertiary/aromatic N) is 5. The molecule has 146 valence electrons. The highest BCUT2D eigenvalue weighted by Gasteiger charge is 2.19. The van der Waals surface area contributed by atoms with E-state index in [-0.39, 0.29) is 11.6 Å². The number of carbonyl (C=O) groups is 1. The van der Waals surface area contributed by atoms with Crippen LogP contribution in [0.2, 0.25) is 0 Å². The summed E-state index contributed by atoms with van der Waals surface area (Å²) in [5.74, 6) is 0.261.